The first kappa shape index (κ1) is 21.1. The number of benzene rings is 2. The second kappa shape index (κ2) is 10.2. The number of nitrogens with zero attached hydrogens (tertiary/aromatic N) is 1. The molecule has 4 nitrogen and oxygen atoms in total. The van der Waals surface area contributed by atoms with Gasteiger partial charge in [-0.05, 0) is 78.7 Å². The maximum absolute atomic E-state index is 7.23. The Morgan fingerprint density at radius 3 is 2.59 bits per heavy atom. The highest BCUT2D eigenvalue weighted by molar-refractivity contribution is 7.97. The summed E-state index contributed by atoms with van der Waals surface area (Å²) in [6, 6.07) is 17.5. The van der Waals surface area contributed by atoms with E-state index >= 15 is 0 Å². The second-order valence-electron chi connectivity index (χ2n) is 6.98. The third kappa shape index (κ3) is 5.46. The van der Waals surface area contributed by atoms with Crippen molar-refractivity contribution < 1.29 is 0 Å². The number of hydrogen-bond acceptors (Lipinski definition) is 5. The Balaban J connectivity index is 1.67. The van der Waals surface area contributed by atoms with Crippen molar-refractivity contribution in [2.75, 3.05) is 7.05 Å². The van der Waals surface area contributed by atoms with Crippen molar-refractivity contribution in [3.05, 3.63) is 83.2 Å². The van der Waals surface area contributed by atoms with Crippen LogP contribution in [0.3, 0.4) is 0 Å². The summed E-state index contributed by atoms with van der Waals surface area (Å²) in [7, 11) is 1.87. The summed E-state index contributed by atoms with van der Waals surface area (Å²) >= 11 is 1.60. The monoisotopic (exact) mass is 404 g/mol. The van der Waals surface area contributed by atoms with E-state index in [0.29, 0.717) is 0 Å². The van der Waals surface area contributed by atoms with E-state index in [2.05, 4.69) is 77.4 Å². The first-order valence-corrected chi connectivity index (χ1v) is 10.7. The Bertz CT molecular complexity index is 995. The first-order valence-electron chi connectivity index (χ1n) is 9.90. The standard InChI is InChI=1S/C24H28N4S/c1-4-18-7-10-22-20(12-14-27-24(22)16-18)15-19-5-8-21(9-6-19)29-28-17(2)23(26-3)11-13-25/h5-14,16-17,25-26,28H,4,15H2,1-3H3/b23-11-,25-13?/t17-/m0/s1. The van der Waals surface area contributed by atoms with Gasteiger partial charge in [-0.25, -0.2) is 0 Å². The minimum Gasteiger partial charge on any atom is -0.390 e. The smallest absolute Gasteiger partial charge is 0.0707 e. The molecular weight excluding hydrogens is 376 g/mol. The lowest BCUT2D eigenvalue weighted by Crippen LogP contribution is -2.28. The summed E-state index contributed by atoms with van der Waals surface area (Å²) in [5.74, 6) is 0. The number of aromatic nitrogens is 1. The van der Waals surface area contributed by atoms with Gasteiger partial charge in [0.05, 0.1) is 11.6 Å². The Morgan fingerprint density at radius 2 is 1.90 bits per heavy atom. The molecule has 0 aliphatic heterocycles. The molecule has 0 unspecified atom stereocenters. The van der Waals surface area contributed by atoms with Gasteiger partial charge in [0.2, 0.25) is 0 Å². The molecule has 0 aliphatic carbocycles. The summed E-state index contributed by atoms with van der Waals surface area (Å²) in [5, 5.41) is 11.6. The molecule has 2 aromatic carbocycles. The van der Waals surface area contributed by atoms with Gasteiger partial charge in [-0.1, -0.05) is 31.2 Å². The van der Waals surface area contributed by atoms with Crippen LogP contribution in [0.1, 0.15) is 30.5 Å². The summed E-state index contributed by atoms with van der Waals surface area (Å²) in [4.78, 5) is 5.71. The number of nitrogens with one attached hydrogen (secondary N) is 3. The molecule has 0 saturated heterocycles. The maximum Gasteiger partial charge on any atom is 0.0707 e. The molecule has 0 amide bonds. The van der Waals surface area contributed by atoms with Gasteiger partial charge in [0, 0.05) is 35.4 Å². The molecule has 1 heterocycles. The summed E-state index contributed by atoms with van der Waals surface area (Å²) in [6.45, 7) is 4.25. The highest BCUT2D eigenvalue weighted by atomic mass is 32.2. The second-order valence-corrected chi connectivity index (χ2v) is 7.89. The van der Waals surface area contributed by atoms with E-state index in [4.69, 9.17) is 5.41 Å². The van der Waals surface area contributed by atoms with Crippen LogP contribution >= 0.6 is 11.9 Å². The molecule has 0 saturated carbocycles. The molecule has 1 atom stereocenters. The SMILES string of the molecule is CCc1ccc2c(Cc3ccc(SN[C@@H](C)/C(=C/C=N)NC)cc3)ccnc2c1. The van der Waals surface area contributed by atoms with Gasteiger partial charge >= 0.3 is 0 Å². The van der Waals surface area contributed by atoms with Crippen LogP contribution in [0.25, 0.3) is 10.9 Å². The average Bonchev–Trinajstić information content (AvgIpc) is 2.76. The molecule has 0 spiro atoms. The Hall–Kier alpha value is -2.63. The highest BCUT2D eigenvalue weighted by Gasteiger charge is 2.08. The Morgan fingerprint density at radius 1 is 1.14 bits per heavy atom. The van der Waals surface area contributed by atoms with Gasteiger partial charge in [0.25, 0.3) is 0 Å². The predicted octanol–water partition coefficient (Wildman–Crippen LogP) is 5.13. The largest absolute Gasteiger partial charge is 0.390 e. The lowest BCUT2D eigenvalue weighted by Gasteiger charge is -2.16. The van der Waals surface area contributed by atoms with E-state index < -0.39 is 0 Å². The first-order chi connectivity index (χ1) is 14.1. The van der Waals surface area contributed by atoms with Gasteiger partial charge in [0.15, 0.2) is 0 Å². The average molecular weight is 405 g/mol. The van der Waals surface area contributed by atoms with Crippen molar-refractivity contribution in [3.8, 4) is 0 Å². The van der Waals surface area contributed by atoms with E-state index in [1.807, 2.05) is 13.2 Å². The van der Waals surface area contributed by atoms with Crippen LogP contribution in [0.5, 0.6) is 0 Å². The number of aryl methyl sites for hydroxylation is 1. The molecule has 0 fully saturated rings. The summed E-state index contributed by atoms with van der Waals surface area (Å²) < 4.78 is 3.41. The number of fused-ring (bicyclic) bond motifs is 1. The van der Waals surface area contributed by atoms with Crippen molar-refractivity contribution in [2.24, 2.45) is 0 Å². The molecule has 5 heteroatoms. The van der Waals surface area contributed by atoms with Crippen LogP contribution < -0.4 is 10.0 Å². The van der Waals surface area contributed by atoms with Crippen molar-refractivity contribution in [1.29, 1.82) is 5.41 Å². The normalized spacial score (nSPS) is 12.7. The zero-order valence-electron chi connectivity index (χ0n) is 17.2. The molecular formula is C24H28N4S. The molecule has 0 aliphatic rings. The third-order valence-electron chi connectivity index (χ3n) is 5.00. The number of pyridine rings is 1. The Labute approximate surface area is 177 Å². The summed E-state index contributed by atoms with van der Waals surface area (Å²) in [5.41, 5.74) is 5.97. The van der Waals surface area contributed by atoms with Crippen molar-refractivity contribution >= 4 is 29.1 Å². The number of rotatable bonds is 9. The third-order valence-corrected chi connectivity index (χ3v) is 5.97. The quantitative estimate of drug-likeness (QED) is 0.342. The van der Waals surface area contributed by atoms with Crippen LogP contribution in [0.4, 0.5) is 0 Å². The minimum absolute atomic E-state index is 0.127. The molecule has 3 rings (SSSR count). The van der Waals surface area contributed by atoms with Gasteiger partial charge in [-0.15, -0.1) is 0 Å². The fourth-order valence-corrected chi connectivity index (χ4v) is 3.99. The molecule has 0 bridgehead atoms. The van der Waals surface area contributed by atoms with E-state index in [1.54, 1.807) is 18.0 Å². The lowest BCUT2D eigenvalue weighted by atomic mass is 10.00. The molecule has 3 N–H and O–H groups in total. The molecule has 3 aromatic rings. The number of likely N-dealkylation sites (N-methyl/N-ethyl adjacent to an activating group) is 1. The van der Waals surface area contributed by atoms with Gasteiger partial charge < -0.3 is 10.7 Å². The fraction of sp³-hybridized carbons (Fsp3) is 0.250. The van der Waals surface area contributed by atoms with Crippen LogP contribution in [0.2, 0.25) is 0 Å². The number of hydrogen-bond donors (Lipinski definition) is 3. The van der Waals surface area contributed by atoms with Crippen LogP contribution in [0, 0.1) is 5.41 Å². The van der Waals surface area contributed by atoms with E-state index in [-0.39, 0.29) is 6.04 Å². The van der Waals surface area contributed by atoms with E-state index in [9.17, 15) is 0 Å². The van der Waals surface area contributed by atoms with Crippen molar-refractivity contribution in [3.63, 3.8) is 0 Å². The van der Waals surface area contributed by atoms with E-state index in [1.165, 1.54) is 28.3 Å². The molecule has 29 heavy (non-hydrogen) atoms. The number of allylic oxidation sites excluding steroid dienone is 1. The van der Waals surface area contributed by atoms with E-state index in [0.717, 1.165) is 29.0 Å². The minimum atomic E-state index is 0.127. The topological polar surface area (TPSA) is 60.8 Å². The van der Waals surface area contributed by atoms with Crippen LogP contribution in [-0.4, -0.2) is 24.3 Å². The molecule has 150 valence electrons. The van der Waals surface area contributed by atoms with Gasteiger partial charge in [-0.3, -0.25) is 9.71 Å². The Kier molecular flexibility index (Phi) is 7.44. The molecule has 0 radical (unpaired) electrons. The zero-order valence-corrected chi connectivity index (χ0v) is 18.0. The van der Waals surface area contributed by atoms with Crippen molar-refractivity contribution in [2.45, 2.75) is 37.6 Å². The maximum atomic E-state index is 7.23. The highest BCUT2D eigenvalue weighted by Crippen LogP contribution is 2.23. The zero-order chi connectivity index (χ0) is 20.6. The lowest BCUT2D eigenvalue weighted by molar-refractivity contribution is 0.732. The van der Waals surface area contributed by atoms with Crippen LogP contribution in [0.15, 0.2) is 71.4 Å². The van der Waals surface area contributed by atoms with Gasteiger partial charge in [0.1, 0.15) is 0 Å². The van der Waals surface area contributed by atoms with Crippen LogP contribution in [-0.2, 0) is 12.8 Å². The molecule has 1 aromatic heterocycles. The fourth-order valence-electron chi connectivity index (χ4n) is 3.28. The predicted molar refractivity (Wildman–Crippen MR) is 125 cm³/mol. The summed E-state index contributed by atoms with van der Waals surface area (Å²) in [6.07, 6.45) is 6.90. The van der Waals surface area contributed by atoms with Gasteiger partial charge in [-0.2, -0.15) is 0 Å². The van der Waals surface area contributed by atoms with Crippen molar-refractivity contribution in [1.82, 2.24) is 15.0 Å².